The van der Waals surface area contributed by atoms with E-state index in [1.807, 2.05) is 68.3 Å². The molecule has 0 N–H and O–H groups in total. The van der Waals surface area contributed by atoms with E-state index >= 15 is 0 Å². The number of para-hydroxylation sites is 1. The molecule has 0 aliphatic rings. The Kier molecular flexibility index (Phi) is 4.39. The van der Waals surface area contributed by atoms with Gasteiger partial charge >= 0.3 is 0 Å². The normalized spacial score (nSPS) is 11.5. The van der Waals surface area contributed by atoms with Crippen LogP contribution in [0.3, 0.4) is 0 Å². The van der Waals surface area contributed by atoms with Gasteiger partial charge in [-0.3, -0.25) is 4.79 Å². The van der Waals surface area contributed by atoms with Crippen LogP contribution in [0.5, 0.6) is 0 Å². The third kappa shape index (κ3) is 3.11. The lowest BCUT2D eigenvalue weighted by atomic mass is 10.0. The summed E-state index contributed by atoms with van der Waals surface area (Å²) in [6, 6.07) is 16.7. The Morgan fingerprint density at radius 2 is 1.76 bits per heavy atom. The van der Waals surface area contributed by atoms with E-state index in [1.54, 1.807) is 6.07 Å². The fourth-order valence-corrected chi connectivity index (χ4v) is 2.22. The minimum atomic E-state index is -0.331. The fraction of sp³-hybridized carbons (Fsp3) is 0.222. The van der Waals surface area contributed by atoms with Gasteiger partial charge in [-0.15, -0.1) is 0 Å². The molecule has 2 aromatic rings. The Labute approximate surface area is 125 Å². The average Bonchev–Trinajstić information content (AvgIpc) is 2.53. The molecule has 1 unspecified atom stereocenters. The van der Waals surface area contributed by atoms with E-state index in [1.165, 1.54) is 0 Å². The highest BCUT2D eigenvalue weighted by Gasteiger charge is 2.21. The molecule has 0 fully saturated rings. The summed E-state index contributed by atoms with van der Waals surface area (Å²) in [6.45, 7) is 3.85. The van der Waals surface area contributed by atoms with E-state index in [-0.39, 0.29) is 11.8 Å². The first-order valence-electron chi connectivity index (χ1n) is 6.87. The molecular formula is C18H18N2O. The number of hydrogen-bond donors (Lipinski definition) is 0. The van der Waals surface area contributed by atoms with Gasteiger partial charge in [0.25, 0.3) is 0 Å². The average molecular weight is 278 g/mol. The maximum absolute atomic E-state index is 12.5. The lowest BCUT2D eigenvalue weighted by Crippen LogP contribution is -2.36. The molecule has 3 nitrogen and oxygen atoms in total. The Morgan fingerprint density at radius 3 is 2.38 bits per heavy atom. The first-order valence-corrected chi connectivity index (χ1v) is 6.87. The van der Waals surface area contributed by atoms with E-state index < -0.39 is 0 Å². The van der Waals surface area contributed by atoms with E-state index in [4.69, 9.17) is 0 Å². The number of nitrogens with zero attached hydrogens (tertiary/aromatic N) is 2. The van der Waals surface area contributed by atoms with Crippen molar-refractivity contribution < 1.29 is 4.79 Å². The van der Waals surface area contributed by atoms with Gasteiger partial charge in [0.05, 0.1) is 17.3 Å². The number of Topliss-reactive ketones (excluding diaryl/α,β-unsaturated/α-hetero) is 1. The highest BCUT2D eigenvalue weighted by molar-refractivity contribution is 6.01. The molecule has 0 saturated carbocycles. The Bertz CT molecular complexity index is 683. The Hall–Kier alpha value is -2.60. The van der Waals surface area contributed by atoms with Gasteiger partial charge in [-0.1, -0.05) is 42.0 Å². The molecule has 1 atom stereocenters. The maximum atomic E-state index is 12.5. The molecule has 21 heavy (non-hydrogen) atoms. The molecule has 0 bridgehead atoms. The zero-order chi connectivity index (χ0) is 15.4. The first kappa shape index (κ1) is 14.8. The highest BCUT2D eigenvalue weighted by Crippen LogP contribution is 2.21. The molecule has 3 heteroatoms. The van der Waals surface area contributed by atoms with Crippen LogP contribution in [0.1, 0.15) is 28.4 Å². The lowest BCUT2D eigenvalue weighted by molar-refractivity contribution is 0.0966. The zero-order valence-electron chi connectivity index (χ0n) is 12.5. The quantitative estimate of drug-likeness (QED) is 0.803. The van der Waals surface area contributed by atoms with Gasteiger partial charge in [-0.2, -0.15) is 5.26 Å². The smallest absolute Gasteiger partial charge is 0.184 e. The summed E-state index contributed by atoms with van der Waals surface area (Å²) in [6.07, 6.45) is 0. The lowest BCUT2D eigenvalue weighted by Gasteiger charge is -2.26. The number of carbonyl (C=O) groups excluding carboxylic acids is 1. The minimum Gasteiger partial charge on any atom is -0.363 e. The fourth-order valence-electron chi connectivity index (χ4n) is 2.22. The second-order valence-electron chi connectivity index (χ2n) is 5.15. The van der Waals surface area contributed by atoms with Gasteiger partial charge in [0.2, 0.25) is 0 Å². The van der Waals surface area contributed by atoms with Gasteiger partial charge in [0.15, 0.2) is 5.78 Å². The summed E-state index contributed by atoms with van der Waals surface area (Å²) in [4.78, 5) is 14.4. The number of benzene rings is 2. The molecule has 2 rings (SSSR count). The molecule has 106 valence electrons. The van der Waals surface area contributed by atoms with E-state index in [2.05, 4.69) is 6.07 Å². The monoisotopic (exact) mass is 278 g/mol. The molecule has 0 spiro atoms. The number of nitriles is 1. The van der Waals surface area contributed by atoms with Crippen LogP contribution in [0.25, 0.3) is 0 Å². The molecule has 0 aliphatic heterocycles. The van der Waals surface area contributed by atoms with Crippen molar-refractivity contribution in [1.29, 1.82) is 5.26 Å². The van der Waals surface area contributed by atoms with Gasteiger partial charge in [-0.25, -0.2) is 0 Å². The Balaban J connectivity index is 2.27. The molecule has 2 aromatic carbocycles. The molecule has 0 amide bonds. The summed E-state index contributed by atoms with van der Waals surface area (Å²) in [5, 5.41) is 9.17. The largest absolute Gasteiger partial charge is 0.363 e. The van der Waals surface area contributed by atoms with Gasteiger partial charge in [0, 0.05) is 12.6 Å². The van der Waals surface area contributed by atoms with Crippen LogP contribution in [0.2, 0.25) is 0 Å². The van der Waals surface area contributed by atoms with Crippen LogP contribution in [0.15, 0.2) is 48.5 Å². The molecule has 0 heterocycles. The topological polar surface area (TPSA) is 44.1 Å². The van der Waals surface area contributed by atoms with E-state index in [0.717, 1.165) is 11.3 Å². The molecule has 0 aromatic heterocycles. The minimum absolute atomic E-state index is 0.0465. The van der Waals surface area contributed by atoms with Crippen LogP contribution in [-0.4, -0.2) is 18.9 Å². The molecular weight excluding hydrogens is 260 g/mol. The SMILES string of the molecule is Cc1ccc(C(=O)C(C)N(C)c2ccccc2C#N)cc1. The van der Waals surface area contributed by atoms with Crippen LogP contribution >= 0.6 is 0 Å². The molecule has 0 radical (unpaired) electrons. The Morgan fingerprint density at radius 1 is 1.14 bits per heavy atom. The van der Waals surface area contributed by atoms with Crippen molar-refractivity contribution in [2.75, 3.05) is 11.9 Å². The van der Waals surface area contributed by atoms with Gasteiger partial charge in [-0.05, 0) is 26.0 Å². The second-order valence-corrected chi connectivity index (χ2v) is 5.15. The zero-order valence-corrected chi connectivity index (χ0v) is 12.5. The predicted octanol–water partition coefficient (Wildman–Crippen LogP) is 3.57. The van der Waals surface area contributed by atoms with Gasteiger partial charge in [0.1, 0.15) is 6.07 Å². The van der Waals surface area contributed by atoms with Crippen molar-refractivity contribution >= 4 is 11.5 Å². The van der Waals surface area contributed by atoms with Crippen molar-refractivity contribution in [2.24, 2.45) is 0 Å². The van der Waals surface area contributed by atoms with Crippen molar-refractivity contribution in [3.8, 4) is 6.07 Å². The van der Waals surface area contributed by atoms with Crippen LogP contribution in [-0.2, 0) is 0 Å². The highest BCUT2D eigenvalue weighted by atomic mass is 16.1. The van der Waals surface area contributed by atoms with E-state index in [0.29, 0.717) is 11.1 Å². The predicted molar refractivity (Wildman–Crippen MR) is 84.5 cm³/mol. The summed E-state index contributed by atoms with van der Waals surface area (Å²) in [5.41, 5.74) is 3.16. The number of ketones is 1. The number of carbonyl (C=O) groups is 1. The number of anilines is 1. The van der Waals surface area contributed by atoms with Gasteiger partial charge < -0.3 is 4.90 Å². The summed E-state index contributed by atoms with van der Waals surface area (Å²) >= 11 is 0. The summed E-state index contributed by atoms with van der Waals surface area (Å²) in [7, 11) is 1.84. The molecule has 0 aliphatic carbocycles. The van der Waals surface area contributed by atoms with Crippen LogP contribution in [0.4, 0.5) is 5.69 Å². The van der Waals surface area contributed by atoms with Crippen molar-refractivity contribution in [2.45, 2.75) is 19.9 Å². The van der Waals surface area contributed by atoms with Crippen LogP contribution in [0, 0.1) is 18.3 Å². The number of aryl methyl sites for hydroxylation is 1. The molecule has 0 saturated heterocycles. The summed E-state index contributed by atoms with van der Waals surface area (Å²) < 4.78 is 0. The first-order chi connectivity index (χ1) is 10.0. The number of hydrogen-bond acceptors (Lipinski definition) is 3. The third-order valence-electron chi connectivity index (χ3n) is 3.70. The third-order valence-corrected chi connectivity index (χ3v) is 3.70. The maximum Gasteiger partial charge on any atom is 0.184 e. The van der Waals surface area contributed by atoms with Crippen molar-refractivity contribution in [1.82, 2.24) is 0 Å². The van der Waals surface area contributed by atoms with Crippen LogP contribution < -0.4 is 4.90 Å². The van der Waals surface area contributed by atoms with Crippen molar-refractivity contribution in [3.05, 3.63) is 65.2 Å². The van der Waals surface area contributed by atoms with E-state index in [9.17, 15) is 10.1 Å². The van der Waals surface area contributed by atoms with Crippen molar-refractivity contribution in [3.63, 3.8) is 0 Å². The number of likely N-dealkylation sites (N-methyl/N-ethyl adjacent to an activating group) is 1. The second kappa shape index (κ2) is 6.23. The standard InChI is InChI=1S/C18H18N2O/c1-13-8-10-15(11-9-13)18(21)14(2)20(3)17-7-5-4-6-16(17)12-19/h4-11,14H,1-3H3. The summed E-state index contributed by atoms with van der Waals surface area (Å²) in [5.74, 6) is 0.0465. The number of rotatable bonds is 4.